The number of rotatable bonds is 11. The van der Waals surface area contributed by atoms with Crippen LogP contribution < -0.4 is 0 Å². The molecule has 0 fully saturated rings. The van der Waals surface area contributed by atoms with Gasteiger partial charge in [-0.3, -0.25) is 0 Å². The summed E-state index contributed by atoms with van der Waals surface area (Å²) in [5, 5.41) is 0. The number of amides is 1. The fraction of sp³-hybridized carbons (Fsp3) is 0.941. The van der Waals surface area contributed by atoms with Gasteiger partial charge >= 0.3 is 6.09 Å². The van der Waals surface area contributed by atoms with Crippen LogP contribution in [0.2, 0.25) is 0 Å². The topological polar surface area (TPSA) is 29.5 Å². The second kappa shape index (κ2) is 12.0. The van der Waals surface area contributed by atoms with Crippen molar-refractivity contribution in [3.63, 3.8) is 0 Å². The van der Waals surface area contributed by atoms with Crippen molar-refractivity contribution in [1.29, 1.82) is 0 Å². The quantitative estimate of drug-likeness (QED) is 0.494. The second-order valence-electron chi connectivity index (χ2n) is 6.53. The van der Waals surface area contributed by atoms with Crippen LogP contribution in [0.3, 0.4) is 0 Å². The van der Waals surface area contributed by atoms with Crippen LogP contribution in [0.4, 0.5) is 4.79 Å². The van der Waals surface area contributed by atoms with Gasteiger partial charge in [-0.1, -0.05) is 53.9 Å². The maximum Gasteiger partial charge on any atom is 0.409 e. The highest BCUT2D eigenvalue weighted by Crippen LogP contribution is 2.09. The molecule has 0 rings (SSSR count). The van der Waals surface area contributed by atoms with E-state index in [0.717, 1.165) is 38.8 Å². The average Bonchev–Trinajstić information content (AvgIpc) is 2.37. The lowest BCUT2D eigenvalue weighted by Gasteiger charge is -2.23. The lowest BCUT2D eigenvalue weighted by atomic mass is 10.1. The van der Waals surface area contributed by atoms with Crippen molar-refractivity contribution in [3.8, 4) is 0 Å². The number of nitrogens with zero attached hydrogens (tertiary/aromatic N) is 1. The van der Waals surface area contributed by atoms with Crippen LogP contribution in [0, 0.1) is 11.8 Å². The van der Waals surface area contributed by atoms with Crippen molar-refractivity contribution in [2.75, 3.05) is 19.7 Å². The van der Waals surface area contributed by atoms with Crippen molar-refractivity contribution in [3.05, 3.63) is 0 Å². The normalized spacial score (nSPS) is 11.2. The van der Waals surface area contributed by atoms with E-state index in [1.165, 1.54) is 12.8 Å². The van der Waals surface area contributed by atoms with Gasteiger partial charge in [-0.25, -0.2) is 4.79 Å². The van der Waals surface area contributed by atoms with Gasteiger partial charge in [0.05, 0.1) is 6.61 Å². The molecule has 0 aromatic heterocycles. The lowest BCUT2D eigenvalue weighted by molar-refractivity contribution is 0.0970. The first-order valence-electron chi connectivity index (χ1n) is 8.39. The van der Waals surface area contributed by atoms with Gasteiger partial charge in [0.1, 0.15) is 0 Å². The predicted molar refractivity (Wildman–Crippen MR) is 86.0 cm³/mol. The maximum absolute atomic E-state index is 12.1. The first kappa shape index (κ1) is 19.3. The average molecular weight is 285 g/mol. The summed E-state index contributed by atoms with van der Waals surface area (Å²) in [6.45, 7) is 13.2. The first-order valence-corrected chi connectivity index (χ1v) is 8.39. The van der Waals surface area contributed by atoms with Crippen LogP contribution in [0.25, 0.3) is 0 Å². The molecule has 120 valence electrons. The zero-order valence-electron chi connectivity index (χ0n) is 14.3. The highest BCUT2D eigenvalue weighted by atomic mass is 16.6. The molecule has 0 spiro atoms. The summed E-state index contributed by atoms with van der Waals surface area (Å²) in [5.41, 5.74) is 0. The molecule has 3 heteroatoms. The number of ether oxygens (including phenoxy) is 1. The Bertz CT molecular complexity index is 227. The van der Waals surface area contributed by atoms with Gasteiger partial charge in [0.15, 0.2) is 0 Å². The molecule has 0 radical (unpaired) electrons. The van der Waals surface area contributed by atoms with Crippen molar-refractivity contribution in [2.45, 2.75) is 73.1 Å². The zero-order valence-corrected chi connectivity index (χ0v) is 14.3. The fourth-order valence-electron chi connectivity index (χ4n) is 1.90. The summed E-state index contributed by atoms with van der Waals surface area (Å²) in [6, 6.07) is 0. The maximum atomic E-state index is 12.1. The highest BCUT2D eigenvalue weighted by molar-refractivity contribution is 5.67. The zero-order chi connectivity index (χ0) is 15.4. The van der Waals surface area contributed by atoms with Gasteiger partial charge in [-0.2, -0.15) is 0 Å². The van der Waals surface area contributed by atoms with E-state index < -0.39 is 0 Å². The van der Waals surface area contributed by atoms with Gasteiger partial charge in [0.25, 0.3) is 0 Å². The lowest BCUT2D eigenvalue weighted by Crippen LogP contribution is -2.34. The molecule has 0 bridgehead atoms. The summed E-state index contributed by atoms with van der Waals surface area (Å²) in [6.07, 6.45) is 6.54. The first-order chi connectivity index (χ1) is 9.47. The van der Waals surface area contributed by atoms with Crippen molar-refractivity contribution in [2.24, 2.45) is 11.8 Å². The third-order valence-electron chi connectivity index (χ3n) is 3.43. The smallest absolute Gasteiger partial charge is 0.409 e. The molecule has 0 aliphatic heterocycles. The number of carbonyl (C=O) groups is 1. The molecule has 0 saturated heterocycles. The minimum Gasteiger partial charge on any atom is -0.449 e. The Morgan fingerprint density at radius 3 is 1.95 bits per heavy atom. The van der Waals surface area contributed by atoms with Crippen LogP contribution in [0.5, 0.6) is 0 Å². The third-order valence-corrected chi connectivity index (χ3v) is 3.43. The minimum absolute atomic E-state index is 0.122. The van der Waals surface area contributed by atoms with E-state index in [4.69, 9.17) is 4.74 Å². The summed E-state index contributed by atoms with van der Waals surface area (Å²) >= 11 is 0. The van der Waals surface area contributed by atoms with Gasteiger partial charge < -0.3 is 9.64 Å². The second-order valence-corrected chi connectivity index (χ2v) is 6.53. The number of hydrogen-bond donors (Lipinski definition) is 0. The van der Waals surface area contributed by atoms with Crippen LogP contribution in [-0.4, -0.2) is 30.7 Å². The van der Waals surface area contributed by atoms with E-state index in [1.807, 2.05) is 4.90 Å². The molecule has 0 saturated carbocycles. The molecule has 20 heavy (non-hydrogen) atoms. The molecule has 0 N–H and O–H groups in total. The number of carbonyl (C=O) groups excluding carboxylic acids is 1. The van der Waals surface area contributed by atoms with Crippen LogP contribution >= 0.6 is 0 Å². The Morgan fingerprint density at radius 1 is 0.950 bits per heavy atom. The highest BCUT2D eigenvalue weighted by Gasteiger charge is 2.15. The summed E-state index contributed by atoms with van der Waals surface area (Å²) in [5.74, 6) is 1.24. The predicted octanol–water partition coefficient (Wildman–Crippen LogP) is 5.10. The van der Waals surface area contributed by atoms with E-state index >= 15 is 0 Å². The molecule has 0 atom stereocenters. The Kier molecular flexibility index (Phi) is 11.6. The van der Waals surface area contributed by atoms with Crippen molar-refractivity contribution < 1.29 is 9.53 Å². The van der Waals surface area contributed by atoms with Gasteiger partial charge in [0.2, 0.25) is 0 Å². The molecule has 0 aromatic carbocycles. The van der Waals surface area contributed by atoms with Crippen LogP contribution in [-0.2, 0) is 4.74 Å². The SMILES string of the molecule is CCCCCCOC(=O)N(CCC(C)C)CCC(C)C. The van der Waals surface area contributed by atoms with Gasteiger partial charge in [-0.15, -0.1) is 0 Å². The van der Waals surface area contributed by atoms with Crippen molar-refractivity contribution in [1.82, 2.24) is 4.90 Å². The summed E-state index contributed by atoms with van der Waals surface area (Å²) in [4.78, 5) is 14.0. The van der Waals surface area contributed by atoms with Crippen LogP contribution in [0.15, 0.2) is 0 Å². The molecule has 0 aromatic rings. The third kappa shape index (κ3) is 11.1. The number of unbranched alkanes of at least 4 members (excludes halogenated alkanes) is 3. The van der Waals surface area contributed by atoms with Crippen molar-refractivity contribution >= 4 is 6.09 Å². The van der Waals surface area contributed by atoms with E-state index in [-0.39, 0.29) is 6.09 Å². The van der Waals surface area contributed by atoms with Gasteiger partial charge in [0, 0.05) is 13.1 Å². The molecule has 0 unspecified atom stereocenters. The van der Waals surface area contributed by atoms with E-state index in [1.54, 1.807) is 0 Å². The molecule has 1 amide bonds. The monoisotopic (exact) mass is 285 g/mol. The molecule has 0 aliphatic carbocycles. The van der Waals surface area contributed by atoms with Crippen LogP contribution in [0.1, 0.15) is 73.1 Å². The molecular formula is C17H35NO2. The van der Waals surface area contributed by atoms with Gasteiger partial charge in [-0.05, 0) is 31.1 Å². The minimum atomic E-state index is -0.122. The fourth-order valence-corrected chi connectivity index (χ4v) is 1.90. The number of hydrogen-bond acceptors (Lipinski definition) is 2. The Balaban J connectivity index is 4.04. The molecule has 0 heterocycles. The summed E-state index contributed by atoms with van der Waals surface area (Å²) in [7, 11) is 0. The molecule has 0 aliphatic rings. The summed E-state index contributed by atoms with van der Waals surface area (Å²) < 4.78 is 5.40. The standard InChI is InChI=1S/C17H35NO2/c1-6-7-8-9-14-20-17(19)18(12-10-15(2)3)13-11-16(4)5/h15-16H,6-14H2,1-5H3. The molecule has 3 nitrogen and oxygen atoms in total. The Labute approximate surface area is 126 Å². The Morgan fingerprint density at radius 2 is 1.50 bits per heavy atom. The molecular weight excluding hydrogens is 250 g/mol. The van der Waals surface area contributed by atoms with E-state index in [2.05, 4.69) is 34.6 Å². The van der Waals surface area contributed by atoms with E-state index in [9.17, 15) is 4.79 Å². The largest absolute Gasteiger partial charge is 0.449 e. The van der Waals surface area contributed by atoms with E-state index in [0.29, 0.717) is 18.4 Å². The Hall–Kier alpha value is -0.730.